The Kier molecular flexibility index (Phi) is 5.84. The number of carbonyl (C=O) groups is 2. The van der Waals surface area contributed by atoms with Gasteiger partial charge in [0.2, 0.25) is 0 Å². The largest absolute Gasteiger partial charge is 0.316 e. The molecule has 1 saturated heterocycles. The van der Waals surface area contributed by atoms with Crippen molar-refractivity contribution in [2.75, 3.05) is 9.80 Å². The Hall–Kier alpha value is -4.36. The minimum absolute atomic E-state index is 0.0396. The number of rotatable bonds is 4. The molecule has 35 heavy (non-hydrogen) atoms. The van der Waals surface area contributed by atoms with E-state index in [2.05, 4.69) is 4.98 Å². The third kappa shape index (κ3) is 3.96. The number of hydrogen-bond donors (Lipinski definition) is 0. The number of carbonyl (C=O) groups excluding carboxylic acids is 2. The van der Waals surface area contributed by atoms with Gasteiger partial charge < -0.3 is 4.57 Å². The van der Waals surface area contributed by atoms with Crippen molar-refractivity contribution >= 4 is 46.6 Å². The predicted octanol–water partition coefficient (Wildman–Crippen LogP) is 5.24. The van der Waals surface area contributed by atoms with E-state index in [0.29, 0.717) is 11.4 Å². The number of benzene rings is 2. The second kappa shape index (κ2) is 9.12. The fraction of sp³-hybridized carbons (Fsp3) is 0.0714. The fourth-order valence-corrected chi connectivity index (χ4v) is 4.69. The number of hydrogen-bond acceptors (Lipinski definition) is 4. The maximum absolute atomic E-state index is 13.7. The standard InChI is InChI=1S/C28H22N4O2S/c1-19-16-21(20(2)30(19)24-14-9-15-29-18-24)17-25-26(33)31(22-10-5-3-6-11-22)28(35)32(27(25)34)23-12-7-4-8-13-23/h3-18H,1-2H3. The molecule has 172 valence electrons. The molecule has 4 aromatic rings. The molecular formula is C28H22N4O2S. The molecule has 5 rings (SSSR count). The first kappa shape index (κ1) is 22.4. The molecule has 0 saturated carbocycles. The van der Waals surface area contributed by atoms with E-state index >= 15 is 0 Å². The first-order valence-corrected chi connectivity index (χ1v) is 11.5. The molecule has 1 aliphatic rings. The monoisotopic (exact) mass is 478 g/mol. The molecule has 0 bridgehead atoms. The first-order chi connectivity index (χ1) is 17.0. The van der Waals surface area contributed by atoms with Crippen LogP contribution in [0.1, 0.15) is 17.0 Å². The summed E-state index contributed by atoms with van der Waals surface area (Å²) < 4.78 is 2.05. The van der Waals surface area contributed by atoms with Crippen molar-refractivity contribution in [1.82, 2.24) is 9.55 Å². The highest BCUT2D eigenvalue weighted by Crippen LogP contribution is 2.31. The molecule has 2 amide bonds. The van der Waals surface area contributed by atoms with Crippen molar-refractivity contribution in [3.63, 3.8) is 0 Å². The predicted molar refractivity (Wildman–Crippen MR) is 141 cm³/mol. The SMILES string of the molecule is Cc1cc(C=C2C(=O)N(c3ccccc3)C(=S)N(c3ccccc3)C2=O)c(C)n1-c1cccnc1. The summed E-state index contributed by atoms with van der Waals surface area (Å²) in [6.45, 7) is 3.94. The van der Waals surface area contributed by atoms with Gasteiger partial charge in [-0.15, -0.1) is 0 Å². The van der Waals surface area contributed by atoms with Gasteiger partial charge in [0, 0.05) is 17.6 Å². The molecule has 3 heterocycles. The van der Waals surface area contributed by atoms with Crippen LogP contribution in [0.3, 0.4) is 0 Å². The Morgan fingerprint density at radius 1 is 0.771 bits per heavy atom. The van der Waals surface area contributed by atoms with Crippen molar-refractivity contribution in [3.8, 4) is 5.69 Å². The van der Waals surface area contributed by atoms with Crippen LogP contribution in [-0.4, -0.2) is 26.5 Å². The molecule has 0 spiro atoms. The van der Waals surface area contributed by atoms with Gasteiger partial charge in [0.1, 0.15) is 5.57 Å². The first-order valence-electron chi connectivity index (χ1n) is 11.1. The smallest absolute Gasteiger partial charge is 0.270 e. The number of nitrogens with zero attached hydrogens (tertiary/aromatic N) is 4. The molecule has 1 fully saturated rings. The summed E-state index contributed by atoms with van der Waals surface area (Å²) in [5.74, 6) is -0.908. The van der Waals surface area contributed by atoms with Gasteiger partial charge in [-0.2, -0.15) is 0 Å². The number of aryl methyl sites for hydroxylation is 1. The zero-order valence-corrected chi connectivity index (χ0v) is 20.1. The average molecular weight is 479 g/mol. The van der Waals surface area contributed by atoms with Gasteiger partial charge >= 0.3 is 0 Å². The summed E-state index contributed by atoms with van der Waals surface area (Å²) in [6, 6.07) is 24.1. The second-order valence-corrected chi connectivity index (χ2v) is 8.53. The van der Waals surface area contributed by atoms with Crippen molar-refractivity contribution in [2.45, 2.75) is 13.8 Å². The van der Waals surface area contributed by atoms with Crippen LogP contribution in [0.5, 0.6) is 0 Å². The topological polar surface area (TPSA) is 58.4 Å². The van der Waals surface area contributed by atoms with Crippen LogP contribution in [0.15, 0.2) is 96.8 Å². The number of anilines is 2. The Labute approximate surface area is 208 Å². The maximum Gasteiger partial charge on any atom is 0.270 e. The zero-order valence-electron chi connectivity index (χ0n) is 19.3. The summed E-state index contributed by atoms with van der Waals surface area (Å²) in [7, 11) is 0. The lowest BCUT2D eigenvalue weighted by molar-refractivity contribution is -0.120. The highest BCUT2D eigenvalue weighted by atomic mass is 32.1. The van der Waals surface area contributed by atoms with Gasteiger partial charge in [0.25, 0.3) is 11.8 Å². The molecule has 7 heteroatoms. The van der Waals surface area contributed by atoms with Crippen LogP contribution >= 0.6 is 12.2 Å². The van der Waals surface area contributed by atoms with Gasteiger partial charge in [-0.3, -0.25) is 24.4 Å². The van der Waals surface area contributed by atoms with Gasteiger partial charge in [-0.05, 0) is 80.2 Å². The van der Waals surface area contributed by atoms with E-state index in [1.54, 1.807) is 42.7 Å². The zero-order chi connectivity index (χ0) is 24.5. The summed E-state index contributed by atoms with van der Waals surface area (Å²) in [4.78, 5) is 34.5. The molecule has 0 atom stereocenters. The van der Waals surface area contributed by atoms with Gasteiger partial charge in [0.15, 0.2) is 5.11 Å². The van der Waals surface area contributed by atoms with Gasteiger partial charge in [-0.25, -0.2) is 0 Å². The van der Waals surface area contributed by atoms with E-state index in [1.807, 2.05) is 73.0 Å². The third-order valence-electron chi connectivity index (χ3n) is 5.95. The number of aromatic nitrogens is 2. The number of para-hydroxylation sites is 2. The average Bonchev–Trinajstić information content (AvgIpc) is 3.16. The minimum atomic E-state index is -0.454. The summed E-state index contributed by atoms with van der Waals surface area (Å²) in [5.41, 5.74) is 4.79. The molecular weight excluding hydrogens is 456 g/mol. The minimum Gasteiger partial charge on any atom is -0.316 e. The normalized spacial score (nSPS) is 14.0. The Bertz CT molecular complexity index is 1400. The molecule has 0 N–H and O–H groups in total. The lowest BCUT2D eigenvalue weighted by Gasteiger charge is -2.36. The number of thiocarbonyl (C=S) groups is 1. The van der Waals surface area contributed by atoms with Crippen LogP contribution in [0.25, 0.3) is 11.8 Å². The third-order valence-corrected chi connectivity index (χ3v) is 6.32. The van der Waals surface area contributed by atoms with Crippen LogP contribution in [0.2, 0.25) is 0 Å². The molecule has 1 aliphatic heterocycles. The summed E-state index contributed by atoms with van der Waals surface area (Å²) in [5, 5.41) is 0.121. The summed E-state index contributed by atoms with van der Waals surface area (Å²) in [6.07, 6.45) is 5.16. The highest BCUT2D eigenvalue weighted by Gasteiger charge is 2.41. The molecule has 2 aromatic heterocycles. The van der Waals surface area contributed by atoms with Crippen molar-refractivity contribution < 1.29 is 9.59 Å². The summed E-state index contributed by atoms with van der Waals surface area (Å²) >= 11 is 5.67. The Morgan fingerprint density at radius 3 is 1.83 bits per heavy atom. The number of amides is 2. The fourth-order valence-electron chi connectivity index (χ4n) is 4.31. The van der Waals surface area contributed by atoms with E-state index in [-0.39, 0.29) is 10.7 Å². The van der Waals surface area contributed by atoms with E-state index < -0.39 is 11.8 Å². The number of pyridine rings is 1. The lowest BCUT2D eigenvalue weighted by atomic mass is 10.1. The van der Waals surface area contributed by atoms with Crippen LogP contribution in [0.4, 0.5) is 11.4 Å². The van der Waals surface area contributed by atoms with Crippen LogP contribution in [-0.2, 0) is 9.59 Å². The molecule has 6 nitrogen and oxygen atoms in total. The van der Waals surface area contributed by atoms with Crippen molar-refractivity contribution in [3.05, 3.63) is 114 Å². The molecule has 0 radical (unpaired) electrons. The van der Waals surface area contributed by atoms with E-state index in [0.717, 1.165) is 22.6 Å². The van der Waals surface area contributed by atoms with E-state index in [1.165, 1.54) is 9.80 Å². The van der Waals surface area contributed by atoms with Crippen molar-refractivity contribution in [2.24, 2.45) is 0 Å². The van der Waals surface area contributed by atoms with E-state index in [4.69, 9.17) is 12.2 Å². The lowest BCUT2D eigenvalue weighted by Crippen LogP contribution is -2.56. The Balaban J connectivity index is 1.66. The van der Waals surface area contributed by atoms with Crippen molar-refractivity contribution in [1.29, 1.82) is 0 Å². The van der Waals surface area contributed by atoms with Crippen LogP contribution < -0.4 is 9.80 Å². The van der Waals surface area contributed by atoms with E-state index in [9.17, 15) is 9.59 Å². The molecule has 2 aromatic carbocycles. The second-order valence-electron chi connectivity index (χ2n) is 8.17. The quantitative estimate of drug-likeness (QED) is 0.229. The van der Waals surface area contributed by atoms with Crippen LogP contribution in [0, 0.1) is 13.8 Å². The molecule has 0 aliphatic carbocycles. The van der Waals surface area contributed by atoms with Gasteiger partial charge in [0.05, 0.1) is 23.3 Å². The Morgan fingerprint density at radius 2 is 1.31 bits per heavy atom. The van der Waals surface area contributed by atoms with Gasteiger partial charge in [-0.1, -0.05) is 36.4 Å². The maximum atomic E-state index is 13.7. The molecule has 0 unspecified atom stereocenters. The highest BCUT2D eigenvalue weighted by molar-refractivity contribution is 7.81.